The van der Waals surface area contributed by atoms with Gasteiger partial charge >= 0.3 is 0 Å². The summed E-state index contributed by atoms with van der Waals surface area (Å²) in [7, 11) is 0. The summed E-state index contributed by atoms with van der Waals surface area (Å²) in [4.78, 5) is 28.0. The van der Waals surface area contributed by atoms with Gasteiger partial charge in [0.25, 0.3) is 0 Å². The van der Waals surface area contributed by atoms with E-state index < -0.39 is 5.82 Å². The van der Waals surface area contributed by atoms with Crippen molar-refractivity contribution in [1.29, 1.82) is 0 Å². The summed E-state index contributed by atoms with van der Waals surface area (Å²) in [5, 5.41) is 3.62. The molecule has 0 spiro atoms. The Kier molecular flexibility index (Phi) is 6.61. The molecule has 3 aromatic rings. The number of likely N-dealkylation sites (tertiary alicyclic amines) is 1. The van der Waals surface area contributed by atoms with Gasteiger partial charge in [0.1, 0.15) is 12.4 Å². The summed E-state index contributed by atoms with van der Waals surface area (Å²) in [6.07, 6.45) is 4.04. The third kappa shape index (κ3) is 5.10. The molecule has 7 heteroatoms. The second kappa shape index (κ2) is 9.56. The monoisotopic (exact) mass is 439 g/mol. The van der Waals surface area contributed by atoms with E-state index in [1.54, 1.807) is 12.1 Å². The minimum absolute atomic E-state index is 0.126. The van der Waals surface area contributed by atoms with Gasteiger partial charge < -0.3 is 14.8 Å². The number of halogens is 1. The van der Waals surface area contributed by atoms with E-state index in [4.69, 9.17) is 0 Å². The number of thioether (sulfide) groups is 1. The third-order valence-corrected chi connectivity index (χ3v) is 6.74. The number of hydrogen-bond acceptors (Lipinski definition) is 3. The number of para-hydroxylation sites is 2. The van der Waals surface area contributed by atoms with Gasteiger partial charge in [0.2, 0.25) is 11.8 Å². The first kappa shape index (κ1) is 21.4. The Morgan fingerprint density at radius 1 is 1.10 bits per heavy atom. The van der Waals surface area contributed by atoms with Gasteiger partial charge in [-0.1, -0.05) is 37.3 Å². The first-order chi connectivity index (χ1) is 15.0. The van der Waals surface area contributed by atoms with Crippen molar-refractivity contribution >= 4 is 40.2 Å². The molecule has 0 saturated carbocycles. The Morgan fingerprint density at radius 3 is 2.58 bits per heavy atom. The number of amides is 2. The molecule has 1 saturated heterocycles. The van der Waals surface area contributed by atoms with Crippen LogP contribution < -0.4 is 5.32 Å². The van der Waals surface area contributed by atoms with Gasteiger partial charge in [-0.3, -0.25) is 9.59 Å². The van der Waals surface area contributed by atoms with E-state index in [9.17, 15) is 14.0 Å². The van der Waals surface area contributed by atoms with Crippen molar-refractivity contribution in [3.63, 3.8) is 0 Å². The topological polar surface area (TPSA) is 54.3 Å². The maximum atomic E-state index is 13.8. The van der Waals surface area contributed by atoms with Gasteiger partial charge in [-0.2, -0.15) is 0 Å². The third-order valence-electron chi connectivity index (χ3n) is 5.70. The molecule has 31 heavy (non-hydrogen) atoms. The Labute approximate surface area is 185 Å². The van der Waals surface area contributed by atoms with Gasteiger partial charge in [-0.25, -0.2) is 4.39 Å². The quantitative estimate of drug-likeness (QED) is 0.563. The lowest BCUT2D eigenvalue weighted by Crippen LogP contribution is -2.39. The predicted octanol–water partition coefficient (Wildman–Crippen LogP) is 4.77. The number of rotatable bonds is 6. The van der Waals surface area contributed by atoms with Crippen LogP contribution in [0.4, 0.5) is 10.1 Å². The zero-order valence-corrected chi connectivity index (χ0v) is 18.3. The SMILES string of the molecule is CC1CCN(C(=O)Cn2cc(SCC(=O)Nc3ccccc3F)c3ccccc32)CC1. The van der Waals surface area contributed by atoms with Gasteiger partial charge in [0.05, 0.1) is 11.4 Å². The van der Waals surface area contributed by atoms with Crippen LogP contribution in [-0.2, 0) is 16.1 Å². The summed E-state index contributed by atoms with van der Waals surface area (Å²) in [6, 6.07) is 14.0. The van der Waals surface area contributed by atoms with Gasteiger partial charge in [0.15, 0.2) is 0 Å². The Morgan fingerprint density at radius 2 is 1.81 bits per heavy atom. The lowest BCUT2D eigenvalue weighted by atomic mass is 9.99. The van der Waals surface area contributed by atoms with Gasteiger partial charge in [0, 0.05) is 35.1 Å². The predicted molar refractivity (Wildman–Crippen MR) is 123 cm³/mol. The van der Waals surface area contributed by atoms with Crippen molar-refractivity contribution in [2.24, 2.45) is 5.92 Å². The largest absolute Gasteiger partial charge is 0.341 e. The highest BCUT2D eigenvalue weighted by atomic mass is 32.2. The maximum Gasteiger partial charge on any atom is 0.242 e. The molecule has 0 atom stereocenters. The highest BCUT2D eigenvalue weighted by molar-refractivity contribution is 8.00. The van der Waals surface area contributed by atoms with E-state index in [1.165, 1.54) is 23.9 Å². The van der Waals surface area contributed by atoms with Crippen LogP contribution >= 0.6 is 11.8 Å². The second-order valence-electron chi connectivity index (χ2n) is 8.02. The van der Waals surface area contributed by atoms with Crippen LogP contribution in [0.15, 0.2) is 59.6 Å². The number of hydrogen-bond donors (Lipinski definition) is 1. The van der Waals surface area contributed by atoms with Gasteiger partial charge in [-0.15, -0.1) is 11.8 Å². The van der Waals surface area contributed by atoms with E-state index in [1.807, 2.05) is 39.9 Å². The summed E-state index contributed by atoms with van der Waals surface area (Å²) >= 11 is 1.39. The van der Waals surface area contributed by atoms with Crippen LogP contribution in [-0.4, -0.2) is 40.1 Å². The number of piperidine rings is 1. The average Bonchev–Trinajstić information content (AvgIpc) is 3.12. The van der Waals surface area contributed by atoms with E-state index in [2.05, 4.69) is 12.2 Å². The van der Waals surface area contributed by atoms with Crippen LogP contribution in [0, 0.1) is 11.7 Å². The smallest absolute Gasteiger partial charge is 0.242 e. The number of carbonyl (C=O) groups is 2. The number of nitrogens with zero attached hydrogens (tertiary/aromatic N) is 2. The van der Waals surface area contributed by atoms with Gasteiger partial charge in [-0.05, 0) is 37.0 Å². The van der Waals surface area contributed by atoms with E-state index in [0.29, 0.717) is 5.92 Å². The minimum Gasteiger partial charge on any atom is -0.341 e. The Hall–Kier alpha value is -2.80. The van der Waals surface area contributed by atoms with Crippen molar-refractivity contribution in [3.8, 4) is 0 Å². The molecule has 2 heterocycles. The molecule has 162 valence electrons. The van der Waals surface area contributed by atoms with Crippen LogP contribution in [0.2, 0.25) is 0 Å². The molecule has 1 fully saturated rings. The van der Waals surface area contributed by atoms with Crippen LogP contribution in [0.1, 0.15) is 19.8 Å². The summed E-state index contributed by atoms with van der Waals surface area (Å²) in [6.45, 7) is 4.15. The fourth-order valence-electron chi connectivity index (χ4n) is 3.85. The molecule has 1 aromatic heterocycles. The lowest BCUT2D eigenvalue weighted by molar-refractivity contribution is -0.133. The molecular weight excluding hydrogens is 413 g/mol. The molecular formula is C24H26FN3O2S. The molecule has 0 unspecified atom stereocenters. The summed E-state index contributed by atoms with van der Waals surface area (Å²) < 4.78 is 15.7. The van der Waals surface area contributed by atoms with Crippen molar-refractivity contribution in [1.82, 2.24) is 9.47 Å². The van der Waals surface area contributed by atoms with E-state index >= 15 is 0 Å². The van der Waals surface area contributed by atoms with Crippen LogP contribution in [0.5, 0.6) is 0 Å². The molecule has 0 radical (unpaired) electrons. The highest BCUT2D eigenvalue weighted by Crippen LogP contribution is 2.30. The fraction of sp³-hybridized carbons (Fsp3) is 0.333. The number of anilines is 1. The van der Waals surface area contributed by atoms with Crippen LogP contribution in [0.3, 0.4) is 0 Å². The number of fused-ring (bicyclic) bond motifs is 1. The maximum absolute atomic E-state index is 13.8. The molecule has 5 nitrogen and oxygen atoms in total. The molecule has 0 bridgehead atoms. The van der Waals surface area contributed by atoms with Crippen molar-refractivity contribution < 1.29 is 14.0 Å². The zero-order chi connectivity index (χ0) is 21.8. The molecule has 1 aliphatic rings. The number of benzene rings is 2. The second-order valence-corrected chi connectivity index (χ2v) is 9.04. The minimum atomic E-state index is -0.455. The normalized spacial score (nSPS) is 14.7. The molecule has 0 aliphatic carbocycles. The molecule has 1 aliphatic heterocycles. The molecule has 1 N–H and O–H groups in total. The number of carbonyl (C=O) groups excluding carboxylic acids is 2. The molecule has 2 amide bonds. The van der Waals surface area contributed by atoms with Crippen molar-refractivity contribution in [2.75, 3.05) is 24.2 Å². The van der Waals surface area contributed by atoms with Crippen molar-refractivity contribution in [3.05, 3.63) is 60.5 Å². The summed E-state index contributed by atoms with van der Waals surface area (Å²) in [5.41, 5.74) is 1.15. The molecule has 2 aromatic carbocycles. The Bertz CT molecular complexity index is 1090. The Balaban J connectivity index is 1.44. The lowest BCUT2D eigenvalue weighted by Gasteiger charge is -2.30. The van der Waals surface area contributed by atoms with Crippen LogP contribution in [0.25, 0.3) is 10.9 Å². The number of aromatic nitrogens is 1. The zero-order valence-electron chi connectivity index (χ0n) is 17.5. The first-order valence-electron chi connectivity index (χ1n) is 10.5. The number of nitrogens with one attached hydrogen (secondary N) is 1. The van der Waals surface area contributed by atoms with E-state index in [-0.39, 0.29) is 29.8 Å². The first-order valence-corrected chi connectivity index (χ1v) is 11.5. The average molecular weight is 440 g/mol. The van der Waals surface area contributed by atoms with E-state index in [0.717, 1.165) is 41.7 Å². The fourth-order valence-corrected chi connectivity index (χ4v) is 4.74. The highest BCUT2D eigenvalue weighted by Gasteiger charge is 2.21. The van der Waals surface area contributed by atoms with Crippen molar-refractivity contribution in [2.45, 2.75) is 31.2 Å². The molecule has 4 rings (SSSR count). The summed E-state index contributed by atoms with van der Waals surface area (Å²) in [5.74, 6) is 0.227. The standard InChI is InChI=1S/C24H26FN3O2S/c1-17-10-12-27(13-11-17)24(30)15-28-14-22(18-6-2-5-9-21(18)28)31-16-23(29)26-20-8-4-3-7-19(20)25/h2-9,14,17H,10-13,15-16H2,1H3,(H,26,29).